The highest BCUT2D eigenvalue weighted by Crippen LogP contribution is 2.14. The van der Waals surface area contributed by atoms with Crippen LogP contribution in [0.2, 0.25) is 0 Å². The van der Waals surface area contributed by atoms with Gasteiger partial charge in [0.1, 0.15) is 17.0 Å². The highest BCUT2D eigenvalue weighted by atomic mass is 16.5. The van der Waals surface area contributed by atoms with E-state index in [1.165, 1.54) is 17.3 Å². The third kappa shape index (κ3) is 4.20. The number of carbonyl (C=O) groups excluding carboxylic acids is 2. The Morgan fingerprint density at radius 3 is 2.96 bits per heavy atom. The van der Waals surface area contributed by atoms with Gasteiger partial charge >= 0.3 is 0 Å². The minimum Gasteiger partial charge on any atom is -0.384 e. The molecule has 0 aliphatic carbocycles. The maximum absolute atomic E-state index is 12.5. The number of pyridine rings is 1. The molecule has 3 heterocycles. The molecule has 2 aromatic rings. The summed E-state index contributed by atoms with van der Waals surface area (Å²) in [5, 5.41) is 19.8. The molecule has 1 saturated heterocycles. The zero-order chi connectivity index (χ0) is 17.7. The van der Waals surface area contributed by atoms with Gasteiger partial charge in [0, 0.05) is 18.9 Å². The number of aromatic nitrogens is 3. The molecule has 1 atom stereocenters. The molecule has 2 aromatic heterocycles. The number of ether oxygens (including phenoxy) is 1. The topological polar surface area (TPSA) is 120 Å². The van der Waals surface area contributed by atoms with E-state index in [-0.39, 0.29) is 31.3 Å². The van der Waals surface area contributed by atoms with Crippen LogP contribution in [0.4, 0.5) is 0 Å². The summed E-state index contributed by atoms with van der Waals surface area (Å²) in [5.41, 5.74) is -0.802. The zero-order valence-electron chi connectivity index (χ0n) is 13.5. The van der Waals surface area contributed by atoms with Crippen LogP contribution in [0.5, 0.6) is 0 Å². The van der Waals surface area contributed by atoms with Crippen molar-refractivity contribution in [2.75, 3.05) is 32.8 Å². The van der Waals surface area contributed by atoms with E-state index in [0.717, 1.165) is 0 Å². The first-order valence-corrected chi connectivity index (χ1v) is 7.85. The van der Waals surface area contributed by atoms with Gasteiger partial charge in [-0.15, -0.1) is 0 Å². The summed E-state index contributed by atoms with van der Waals surface area (Å²) in [7, 11) is 0. The number of aromatic amines is 1. The fourth-order valence-corrected chi connectivity index (χ4v) is 2.57. The Kier molecular flexibility index (Phi) is 5.05. The molecule has 0 bridgehead atoms. The number of hydrogen-bond acceptors (Lipinski definition) is 6. The number of hydrogen-bond donors (Lipinski definition) is 3. The Labute approximate surface area is 144 Å². The fraction of sp³-hybridized carbons (Fsp3) is 0.375. The summed E-state index contributed by atoms with van der Waals surface area (Å²) >= 11 is 0. The van der Waals surface area contributed by atoms with E-state index >= 15 is 0 Å². The van der Waals surface area contributed by atoms with Crippen molar-refractivity contribution in [3.8, 4) is 0 Å². The molecule has 9 nitrogen and oxygen atoms in total. The maximum atomic E-state index is 12.5. The van der Waals surface area contributed by atoms with Crippen LogP contribution in [0.3, 0.4) is 0 Å². The second-order valence-electron chi connectivity index (χ2n) is 5.87. The Morgan fingerprint density at radius 2 is 2.24 bits per heavy atom. The number of nitrogens with zero attached hydrogens (tertiary/aromatic N) is 3. The van der Waals surface area contributed by atoms with E-state index in [0.29, 0.717) is 18.8 Å². The zero-order valence-corrected chi connectivity index (χ0v) is 13.5. The molecule has 25 heavy (non-hydrogen) atoms. The minimum absolute atomic E-state index is 0.0161. The normalized spacial score (nSPS) is 20.8. The lowest BCUT2D eigenvalue weighted by Gasteiger charge is -2.30. The molecule has 0 aromatic carbocycles. The molecule has 3 N–H and O–H groups in total. The summed E-state index contributed by atoms with van der Waals surface area (Å²) in [6.07, 6.45) is 3.00. The van der Waals surface area contributed by atoms with Gasteiger partial charge < -0.3 is 20.1 Å². The minimum atomic E-state index is -1.39. The van der Waals surface area contributed by atoms with Crippen LogP contribution in [0, 0.1) is 0 Å². The first-order valence-electron chi connectivity index (χ1n) is 7.85. The number of nitrogens with one attached hydrogen (secondary N) is 2. The second kappa shape index (κ2) is 7.41. The first-order chi connectivity index (χ1) is 12.1. The number of carbonyl (C=O) groups is 2. The van der Waals surface area contributed by atoms with Gasteiger partial charge in [-0.3, -0.25) is 19.7 Å². The fourth-order valence-electron chi connectivity index (χ4n) is 2.57. The van der Waals surface area contributed by atoms with Crippen molar-refractivity contribution in [1.82, 2.24) is 25.4 Å². The molecule has 0 unspecified atom stereocenters. The monoisotopic (exact) mass is 345 g/mol. The molecule has 9 heteroatoms. The summed E-state index contributed by atoms with van der Waals surface area (Å²) < 4.78 is 5.41. The number of aliphatic hydroxyl groups is 1. The van der Waals surface area contributed by atoms with Crippen molar-refractivity contribution in [2.24, 2.45) is 0 Å². The number of amides is 2. The number of H-pyrrole nitrogens is 1. The Balaban J connectivity index is 1.64. The van der Waals surface area contributed by atoms with Gasteiger partial charge in [0.2, 0.25) is 0 Å². The van der Waals surface area contributed by atoms with Crippen LogP contribution in [0.15, 0.2) is 36.7 Å². The SMILES string of the molecule is O=C(NC[C@]1(O)COCCN(C(=O)c2ccn[nH]2)C1)c1ccccn1. The lowest BCUT2D eigenvalue weighted by atomic mass is 10.0. The Bertz CT molecular complexity index is 721. The van der Waals surface area contributed by atoms with Crippen molar-refractivity contribution in [3.63, 3.8) is 0 Å². The van der Waals surface area contributed by atoms with Crippen molar-refractivity contribution in [1.29, 1.82) is 0 Å². The first kappa shape index (κ1) is 17.1. The molecule has 3 rings (SSSR count). The molecule has 132 valence electrons. The molecule has 2 amide bonds. The number of β-amino-alcohol motifs (C(OH)–C–C–N with tert-alkyl or cyclic N) is 1. The average molecular weight is 345 g/mol. The van der Waals surface area contributed by atoms with Crippen molar-refractivity contribution < 1.29 is 19.4 Å². The molecular formula is C16H19N5O4. The molecule has 1 aliphatic heterocycles. The lowest BCUT2D eigenvalue weighted by molar-refractivity contribution is -0.0324. The van der Waals surface area contributed by atoms with Gasteiger partial charge in [0.25, 0.3) is 11.8 Å². The van der Waals surface area contributed by atoms with Gasteiger partial charge in [0.15, 0.2) is 0 Å². The predicted molar refractivity (Wildman–Crippen MR) is 86.8 cm³/mol. The third-order valence-corrected chi connectivity index (χ3v) is 3.86. The molecule has 1 fully saturated rings. The molecule has 0 saturated carbocycles. The highest BCUT2D eigenvalue weighted by Gasteiger charge is 2.35. The Morgan fingerprint density at radius 1 is 1.36 bits per heavy atom. The quantitative estimate of drug-likeness (QED) is 0.683. The van der Waals surface area contributed by atoms with Gasteiger partial charge in [-0.1, -0.05) is 6.07 Å². The molecule has 0 spiro atoms. The Hall–Kier alpha value is -2.78. The molecular weight excluding hydrogens is 326 g/mol. The van der Waals surface area contributed by atoms with Gasteiger partial charge in [-0.2, -0.15) is 5.10 Å². The summed E-state index contributed by atoms with van der Waals surface area (Å²) in [5.74, 6) is -0.679. The van der Waals surface area contributed by atoms with E-state index in [9.17, 15) is 14.7 Å². The van der Waals surface area contributed by atoms with Crippen LogP contribution in [0.25, 0.3) is 0 Å². The van der Waals surface area contributed by atoms with E-state index < -0.39 is 11.5 Å². The van der Waals surface area contributed by atoms with Crippen molar-refractivity contribution >= 4 is 11.8 Å². The van der Waals surface area contributed by atoms with Gasteiger partial charge in [-0.05, 0) is 18.2 Å². The molecule has 0 radical (unpaired) electrons. The van der Waals surface area contributed by atoms with Crippen LogP contribution in [0.1, 0.15) is 21.0 Å². The summed E-state index contributed by atoms with van der Waals surface area (Å²) in [6, 6.07) is 6.56. The highest BCUT2D eigenvalue weighted by molar-refractivity contribution is 5.93. The van der Waals surface area contributed by atoms with Gasteiger partial charge in [-0.25, -0.2) is 0 Å². The van der Waals surface area contributed by atoms with Crippen molar-refractivity contribution in [2.45, 2.75) is 5.60 Å². The number of rotatable bonds is 4. The van der Waals surface area contributed by atoms with E-state index in [2.05, 4.69) is 20.5 Å². The average Bonchev–Trinajstić information content (AvgIpc) is 3.10. The predicted octanol–water partition coefficient (Wildman–Crippen LogP) is -0.562. The van der Waals surface area contributed by atoms with Gasteiger partial charge in [0.05, 0.1) is 26.3 Å². The summed E-state index contributed by atoms with van der Waals surface area (Å²) in [4.78, 5) is 30.0. The largest absolute Gasteiger partial charge is 0.384 e. The molecule has 1 aliphatic rings. The van der Waals surface area contributed by atoms with Crippen LogP contribution < -0.4 is 5.32 Å². The van der Waals surface area contributed by atoms with E-state index in [1.54, 1.807) is 24.3 Å². The third-order valence-electron chi connectivity index (χ3n) is 3.86. The van der Waals surface area contributed by atoms with E-state index in [1.807, 2.05) is 0 Å². The second-order valence-corrected chi connectivity index (χ2v) is 5.87. The van der Waals surface area contributed by atoms with E-state index in [4.69, 9.17) is 4.74 Å². The van der Waals surface area contributed by atoms with Crippen LogP contribution in [-0.2, 0) is 4.74 Å². The van der Waals surface area contributed by atoms with Crippen molar-refractivity contribution in [3.05, 3.63) is 48.0 Å². The summed E-state index contributed by atoms with van der Waals surface area (Å²) in [6.45, 7) is 0.634. The smallest absolute Gasteiger partial charge is 0.272 e. The lowest BCUT2D eigenvalue weighted by Crippen LogP contribution is -2.53. The van der Waals surface area contributed by atoms with Crippen LogP contribution >= 0.6 is 0 Å². The maximum Gasteiger partial charge on any atom is 0.272 e. The van der Waals surface area contributed by atoms with Crippen LogP contribution in [-0.4, -0.2) is 75.5 Å². The standard InChI is InChI=1S/C16H19N5O4/c22-14(12-3-1-2-5-17-12)18-9-16(24)10-21(7-8-25-11-16)15(23)13-4-6-19-20-13/h1-6,24H,7-11H2,(H,18,22)(H,19,20)/t16-/m1/s1.